The minimum Gasteiger partial charge on any atom is -0.465 e. The summed E-state index contributed by atoms with van der Waals surface area (Å²) >= 11 is 7.21. The summed E-state index contributed by atoms with van der Waals surface area (Å²) in [6.07, 6.45) is 3.76. The van der Waals surface area contributed by atoms with E-state index >= 15 is 0 Å². The zero-order valence-electron chi connectivity index (χ0n) is 8.76. The molecule has 0 saturated carbocycles. The van der Waals surface area contributed by atoms with Crippen molar-refractivity contribution in [1.29, 1.82) is 0 Å². The van der Waals surface area contributed by atoms with E-state index in [1.165, 1.54) is 0 Å². The molecule has 0 heterocycles. The molecule has 0 rings (SSSR count). The number of rotatable bonds is 9. The lowest BCUT2D eigenvalue weighted by atomic mass is 10.2. The van der Waals surface area contributed by atoms with Gasteiger partial charge in [0.25, 0.3) is 0 Å². The Labute approximate surface area is 95.7 Å². The Morgan fingerprint density at radius 2 is 2.14 bits per heavy atom. The standard InChI is InChI=1S/C10H19ClO2S/c1-2-3-4-5-10(12)13-7-9-14-8-6-11/h2-9H2,1H3. The summed E-state index contributed by atoms with van der Waals surface area (Å²) in [5.41, 5.74) is 0. The quantitative estimate of drug-likeness (QED) is 0.351. The molecule has 0 aliphatic rings. The second-order valence-electron chi connectivity index (χ2n) is 2.98. The van der Waals surface area contributed by atoms with Gasteiger partial charge in [0, 0.05) is 23.8 Å². The van der Waals surface area contributed by atoms with Crippen LogP contribution in [-0.4, -0.2) is 30.0 Å². The SMILES string of the molecule is CCCCCC(=O)OCCSCCCl. The molecular weight excluding hydrogens is 220 g/mol. The minimum atomic E-state index is -0.0649. The van der Waals surface area contributed by atoms with E-state index in [-0.39, 0.29) is 5.97 Å². The number of hydrogen-bond donors (Lipinski definition) is 0. The Balaban J connectivity index is 3.10. The molecule has 0 bridgehead atoms. The molecule has 0 atom stereocenters. The number of carbonyl (C=O) groups excluding carboxylic acids is 1. The minimum absolute atomic E-state index is 0.0649. The van der Waals surface area contributed by atoms with Crippen LogP contribution in [0.3, 0.4) is 0 Å². The highest BCUT2D eigenvalue weighted by molar-refractivity contribution is 7.99. The number of unbranched alkanes of at least 4 members (excludes halogenated alkanes) is 2. The van der Waals surface area contributed by atoms with E-state index in [0.29, 0.717) is 18.9 Å². The van der Waals surface area contributed by atoms with E-state index < -0.39 is 0 Å². The molecule has 0 amide bonds. The van der Waals surface area contributed by atoms with Gasteiger partial charge in [-0.2, -0.15) is 11.8 Å². The fourth-order valence-electron chi connectivity index (χ4n) is 0.963. The summed E-state index contributed by atoms with van der Waals surface area (Å²) in [4.78, 5) is 11.1. The molecule has 0 aliphatic heterocycles. The van der Waals surface area contributed by atoms with Crippen LogP contribution in [0.2, 0.25) is 0 Å². The highest BCUT2D eigenvalue weighted by atomic mass is 35.5. The zero-order chi connectivity index (χ0) is 10.6. The van der Waals surface area contributed by atoms with E-state index in [1.54, 1.807) is 11.8 Å². The van der Waals surface area contributed by atoms with Crippen LogP contribution in [0.25, 0.3) is 0 Å². The van der Waals surface area contributed by atoms with Gasteiger partial charge in [0.05, 0.1) is 0 Å². The van der Waals surface area contributed by atoms with Crippen molar-refractivity contribution in [1.82, 2.24) is 0 Å². The van der Waals surface area contributed by atoms with Gasteiger partial charge < -0.3 is 4.74 Å². The largest absolute Gasteiger partial charge is 0.465 e. The summed E-state index contributed by atoms with van der Waals surface area (Å²) < 4.78 is 5.03. The van der Waals surface area contributed by atoms with Crippen LogP contribution in [0.4, 0.5) is 0 Å². The number of hydrogen-bond acceptors (Lipinski definition) is 3. The molecule has 0 aromatic heterocycles. The number of halogens is 1. The monoisotopic (exact) mass is 238 g/mol. The predicted octanol–water partition coefficient (Wildman–Crippen LogP) is 3.08. The van der Waals surface area contributed by atoms with E-state index in [4.69, 9.17) is 16.3 Å². The van der Waals surface area contributed by atoms with Crippen LogP contribution in [-0.2, 0) is 9.53 Å². The number of esters is 1. The molecule has 4 heteroatoms. The third-order valence-electron chi connectivity index (χ3n) is 1.70. The molecule has 0 spiro atoms. The van der Waals surface area contributed by atoms with Gasteiger partial charge in [-0.15, -0.1) is 11.6 Å². The molecule has 0 fully saturated rings. The van der Waals surface area contributed by atoms with Gasteiger partial charge in [0.2, 0.25) is 0 Å². The molecule has 14 heavy (non-hydrogen) atoms. The summed E-state index contributed by atoms with van der Waals surface area (Å²) in [5.74, 6) is 2.38. The molecule has 0 unspecified atom stereocenters. The molecule has 84 valence electrons. The lowest BCUT2D eigenvalue weighted by Crippen LogP contribution is -2.07. The van der Waals surface area contributed by atoms with Crippen LogP contribution in [0.5, 0.6) is 0 Å². The normalized spacial score (nSPS) is 10.1. The molecule has 0 aliphatic carbocycles. The highest BCUT2D eigenvalue weighted by Crippen LogP contribution is 2.03. The molecule has 0 aromatic carbocycles. The van der Waals surface area contributed by atoms with Gasteiger partial charge in [-0.25, -0.2) is 0 Å². The third-order valence-corrected chi connectivity index (χ3v) is 3.06. The first-order valence-electron chi connectivity index (χ1n) is 5.10. The zero-order valence-corrected chi connectivity index (χ0v) is 10.3. The third kappa shape index (κ3) is 10.2. The predicted molar refractivity (Wildman–Crippen MR) is 63.1 cm³/mol. The van der Waals surface area contributed by atoms with Crippen LogP contribution < -0.4 is 0 Å². The first kappa shape index (κ1) is 14.1. The van der Waals surface area contributed by atoms with Gasteiger partial charge in [0.1, 0.15) is 6.61 Å². The summed E-state index contributed by atoms with van der Waals surface area (Å²) in [6, 6.07) is 0. The molecule has 0 radical (unpaired) electrons. The second-order valence-corrected chi connectivity index (χ2v) is 4.58. The van der Waals surface area contributed by atoms with Gasteiger partial charge in [-0.3, -0.25) is 4.79 Å². The van der Waals surface area contributed by atoms with Gasteiger partial charge in [0.15, 0.2) is 0 Å². The molecule has 2 nitrogen and oxygen atoms in total. The number of carbonyl (C=O) groups is 1. The molecule has 0 saturated heterocycles. The van der Waals surface area contributed by atoms with Crippen molar-refractivity contribution < 1.29 is 9.53 Å². The van der Waals surface area contributed by atoms with Crippen molar-refractivity contribution in [2.75, 3.05) is 24.0 Å². The van der Waals surface area contributed by atoms with E-state index in [9.17, 15) is 4.79 Å². The van der Waals surface area contributed by atoms with E-state index in [1.807, 2.05) is 0 Å². The Morgan fingerprint density at radius 3 is 2.79 bits per heavy atom. The Morgan fingerprint density at radius 1 is 1.36 bits per heavy atom. The van der Waals surface area contributed by atoms with Gasteiger partial charge in [-0.05, 0) is 6.42 Å². The Bertz CT molecular complexity index is 142. The first-order valence-corrected chi connectivity index (χ1v) is 6.79. The lowest BCUT2D eigenvalue weighted by Gasteiger charge is -2.03. The molecule has 0 N–H and O–H groups in total. The van der Waals surface area contributed by atoms with E-state index in [2.05, 4.69) is 6.92 Å². The Hall–Kier alpha value is 0.110. The summed E-state index contributed by atoms with van der Waals surface area (Å²) in [6.45, 7) is 2.64. The first-order chi connectivity index (χ1) is 6.81. The molecular formula is C10H19ClO2S. The van der Waals surface area contributed by atoms with Crippen molar-refractivity contribution in [3.63, 3.8) is 0 Å². The highest BCUT2D eigenvalue weighted by Gasteiger charge is 2.01. The van der Waals surface area contributed by atoms with Crippen molar-refractivity contribution in [3.05, 3.63) is 0 Å². The Kier molecular flexibility index (Phi) is 11.3. The number of thioether (sulfide) groups is 1. The lowest BCUT2D eigenvalue weighted by molar-refractivity contribution is -0.143. The number of alkyl halides is 1. The fraction of sp³-hybridized carbons (Fsp3) is 0.900. The van der Waals surface area contributed by atoms with Crippen LogP contribution in [0.15, 0.2) is 0 Å². The maximum absolute atomic E-state index is 11.1. The summed E-state index contributed by atoms with van der Waals surface area (Å²) in [7, 11) is 0. The van der Waals surface area contributed by atoms with Crippen molar-refractivity contribution in [2.45, 2.75) is 32.6 Å². The van der Waals surface area contributed by atoms with Crippen LogP contribution in [0, 0.1) is 0 Å². The van der Waals surface area contributed by atoms with Crippen molar-refractivity contribution in [2.24, 2.45) is 0 Å². The maximum atomic E-state index is 11.1. The second kappa shape index (κ2) is 11.2. The average molecular weight is 239 g/mol. The van der Waals surface area contributed by atoms with E-state index in [0.717, 1.165) is 30.8 Å². The number of ether oxygens (including phenoxy) is 1. The van der Waals surface area contributed by atoms with Crippen LogP contribution in [0.1, 0.15) is 32.6 Å². The average Bonchev–Trinajstić information content (AvgIpc) is 2.18. The van der Waals surface area contributed by atoms with Gasteiger partial charge in [-0.1, -0.05) is 19.8 Å². The maximum Gasteiger partial charge on any atom is 0.305 e. The van der Waals surface area contributed by atoms with Gasteiger partial charge >= 0.3 is 5.97 Å². The fourth-order valence-corrected chi connectivity index (χ4v) is 1.80. The van der Waals surface area contributed by atoms with Crippen molar-refractivity contribution >= 4 is 29.3 Å². The smallest absolute Gasteiger partial charge is 0.305 e. The topological polar surface area (TPSA) is 26.3 Å². The summed E-state index contributed by atoms with van der Waals surface area (Å²) in [5, 5.41) is 0. The molecule has 0 aromatic rings. The van der Waals surface area contributed by atoms with Crippen LogP contribution >= 0.6 is 23.4 Å². The van der Waals surface area contributed by atoms with Crippen molar-refractivity contribution in [3.8, 4) is 0 Å².